The van der Waals surface area contributed by atoms with E-state index in [0.717, 1.165) is 37.1 Å². The van der Waals surface area contributed by atoms with Crippen LogP contribution >= 0.6 is 12.2 Å². The van der Waals surface area contributed by atoms with Crippen molar-refractivity contribution < 1.29 is 0 Å². The second-order valence-electron chi connectivity index (χ2n) is 9.27. The van der Waals surface area contributed by atoms with E-state index >= 15 is 0 Å². The first-order valence-electron chi connectivity index (χ1n) is 11.1. The molecule has 1 spiro atoms. The Labute approximate surface area is 172 Å². The fourth-order valence-electron chi connectivity index (χ4n) is 6.09. The number of fused-ring (bicyclic) bond motifs is 4. The molecule has 5 rings (SSSR count). The Morgan fingerprint density at radius 2 is 1.75 bits per heavy atom. The van der Waals surface area contributed by atoms with Crippen LogP contribution in [0.1, 0.15) is 75.3 Å². The Hall–Kier alpha value is -1.68. The Balaban J connectivity index is 1.68. The van der Waals surface area contributed by atoms with Gasteiger partial charge in [-0.1, -0.05) is 62.8 Å². The molecule has 4 heteroatoms. The zero-order chi connectivity index (χ0) is 19.1. The molecule has 2 aromatic rings. The largest absolute Gasteiger partial charge is 0.331 e. The van der Waals surface area contributed by atoms with E-state index in [-0.39, 0.29) is 11.0 Å². The van der Waals surface area contributed by atoms with Crippen molar-refractivity contribution in [2.24, 2.45) is 5.92 Å². The zero-order valence-electron chi connectivity index (χ0n) is 16.6. The van der Waals surface area contributed by atoms with E-state index in [0.29, 0.717) is 10.7 Å². The van der Waals surface area contributed by atoms with Crippen LogP contribution in [-0.4, -0.2) is 9.55 Å². The molecule has 0 amide bonds. The molecule has 0 aliphatic heterocycles. The van der Waals surface area contributed by atoms with E-state index in [1.54, 1.807) is 0 Å². The minimum atomic E-state index is -0.00708. The van der Waals surface area contributed by atoms with Crippen LogP contribution in [0.25, 0.3) is 11.3 Å². The SMILES string of the molecule is O=c1c2c([nH]c(=S)n1CC1CCCCC1)-c1ccccc1CC21CCCCC1. The van der Waals surface area contributed by atoms with Crippen LogP contribution in [0.3, 0.4) is 0 Å². The first-order valence-corrected chi connectivity index (χ1v) is 11.5. The highest BCUT2D eigenvalue weighted by atomic mass is 32.1. The van der Waals surface area contributed by atoms with E-state index in [1.165, 1.54) is 62.5 Å². The maximum absolute atomic E-state index is 13.9. The molecule has 148 valence electrons. The molecule has 1 aromatic heterocycles. The summed E-state index contributed by atoms with van der Waals surface area (Å²) in [6.07, 6.45) is 13.3. The minimum absolute atomic E-state index is 0.00708. The van der Waals surface area contributed by atoms with Gasteiger partial charge >= 0.3 is 0 Å². The van der Waals surface area contributed by atoms with Gasteiger partial charge in [0.1, 0.15) is 0 Å². The fraction of sp³-hybridized carbons (Fsp3) is 0.583. The van der Waals surface area contributed by atoms with Crippen molar-refractivity contribution in [3.05, 3.63) is 50.5 Å². The average molecular weight is 395 g/mol. The molecule has 0 bridgehead atoms. The number of rotatable bonds is 2. The molecule has 0 saturated heterocycles. The van der Waals surface area contributed by atoms with Gasteiger partial charge in [0, 0.05) is 23.1 Å². The van der Waals surface area contributed by atoms with Crippen LogP contribution in [0, 0.1) is 10.7 Å². The fourth-order valence-corrected chi connectivity index (χ4v) is 6.34. The van der Waals surface area contributed by atoms with Gasteiger partial charge in [-0.15, -0.1) is 0 Å². The Bertz CT molecular complexity index is 990. The van der Waals surface area contributed by atoms with E-state index in [4.69, 9.17) is 12.2 Å². The number of H-pyrrole nitrogens is 1. The van der Waals surface area contributed by atoms with Crippen molar-refractivity contribution in [3.63, 3.8) is 0 Å². The lowest BCUT2D eigenvalue weighted by Gasteiger charge is -2.42. The van der Waals surface area contributed by atoms with Crippen molar-refractivity contribution >= 4 is 12.2 Å². The molecule has 28 heavy (non-hydrogen) atoms. The van der Waals surface area contributed by atoms with Gasteiger partial charge in [-0.25, -0.2) is 0 Å². The Morgan fingerprint density at radius 1 is 1.04 bits per heavy atom. The highest BCUT2D eigenvalue weighted by molar-refractivity contribution is 7.71. The van der Waals surface area contributed by atoms with Crippen LogP contribution in [0.4, 0.5) is 0 Å². The summed E-state index contributed by atoms with van der Waals surface area (Å²) >= 11 is 5.72. The monoisotopic (exact) mass is 394 g/mol. The van der Waals surface area contributed by atoms with Gasteiger partial charge in [0.2, 0.25) is 0 Å². The summed E-state index contributed by atoms with van der Waals surface area (Å²) in [6.45, 7) is 0.791. The molecule has 3 aliphatic carbocycles. The summed E-state index contributed by atoms with van der Waals surface area (Å²) in [7, 11) is 0. The van der Waals surface area contributed by atoms with Crippen LogP contribution < -0.4 is 5.56 Å². The number of aromatic nitrogens is 2. The second-order valence-corrected chi connectivity index (χ2v) is 9.66. The van der Waals surface area contributed by atoms with E-state index in [2.05, 4.69) is 29.2 Å². The maximum atomic E-state index is 13.9. The third-order valence-electron chi connectivity index (χ3n) is 7.51. The summed E-state index contributed by atoms with van der Waals surface area (Å²) < 4.78 is 2.52. The molecule has 0 unspecified atom stereocenters. The van der Waals surface area contributed by atoms with Gasteiger partial charge in [-0.3, -0.25) is 9.36 Å². The maximum Gasteiger partial charge on any atom is 0.258 e. The lowest BCUT2D eigenvalue weighted by molar-refractivity contribution is 0.277. The zero-order valence-corrected chi connectivity index (χ0v) is 17.5. The molecule has 0 atom stereocenters. The first-order chi connectivity index (χ1) is 13.7. The van der Waals surface area contributed by atoms with Crippen LogP contribution in [-0.2, 0) is 18.4 Å². The Morgan fingerprint density at radius 3 is 2.54 bits per heavy atom. The van der Waals surface area contributed by atoms with E-state index in [9.17, 15) is 4.79 Å². The molecular weight excluding hydrogens is 364 g/mol. The molecule has 2 saturated carbocycles. The van der Waals surface area contributed by atoms with Crippen LogP contribution in [0.5, 0.6) is 0 Å². The van der Waals surface area contributed by atoms with Crippen molar-refractivity contribution in [1.29, 1.82) is 0 Å². The van der Waals surface area contributed by atoms with Gasteiger partial charge in [0.05, 0.1) is 5.69 Å². The highest BCUT2D eigenvalue weighted by Crippen LogP contribution is 2.48. The summed E-state index contributed by atoms with van der Waals surface area (Å²) in [4.78, 5) is 17.4. The van der Waals surface area contributed by atoms with Gasteiger partial charge in [-0.2, -0.15) is 0 Å². The topological polar surface area (TPSA) is 37.8 Å². The molecule has 2 fully saturated rings. The number of nitrogens with one attached hydrogen (secondary N) is 1. The predicted molar refractivity (Wildman–Crippen MR) is 116 cm³/mol. The standard InChI is InChI=1S/C24H30N2OS/c27-22-20-21(25-23(28)26(22)16-17-9-3-1-4-10-17)19-12-6-5-11-18(19)15-24(20)13-7-2-8-14-24/h5-6,11-12,17H,1-4,7-10,13-16H2,(H,25,28). The second kappa shape index (κ2) is 7.29. The molecule has 3 nitrogen and oxygen atoms in total. The predicted octanol–water partition coefficient (Wildman–Crippen LogP) is 5.91. The van der Waals surface area contributed by atoms with Crippen LogP contribution in [0.15, 0.2) is 29.1 Å². The first kappa shape index (κ1) is 18.4. The lowest BCUT2D eigenvalue weighted by atomic mass is 9.62. The summed E-state index contributed by atoms with van der Waals surface area (Å²) in [5.41, 5.74) is 4.79. The lowest BCUT2D eigenvalue weighted by Crippen LogP contribution is -2.43. The van der Waals surface area contributed by atoms with Crippen molar-refractivity contribution in [2.75, 3.05) is 0 Å². The molecular formula is C24H30N2OS. The van der Waals surface area contributed by atoms with Crippen molar-refractivity contribution in [3.8, 4) is 11.3 Å². The normalized spacial score (nSPS) is 21.3. The molecule has 0 radical (unpaired) electrons. The quantitative estimate of drug-likeness (QED) is 0.643. The van der Waals surface area contributed by atoms with Gasteiger partial charge in [-0.05, 0) is 55.8 Å². The molecule has 1 N–H and O–H groups in total. The summed E-state index contributed by atoms with van der Waals surface area (Å²) in [5, 5.41) is 0. The number of hydrogen-bond acceptors (Lipinski definition) is 2. The van der Waals surface area contributed by atoms with E-state index in [1.807, 2.05) is 4.57 Å². The Kier molecular flexibility index (Phi) is 4.78. The number of aromatic amines is 1. The number of benzene rings is 1. The van der Waals surface area contributed by atoms with Crippen molar-refractivity contribution in [1.82, 2.24) is 9.55 Å². The van der Waals surface area contributed by atoms with Crippen LogP contribution in [0.2, 0.25) is 0 Å². The third kappa shape index (κ3) is 3.01. The number of nitrogens with zero attached hydrogens (tertiary/aromatic N) is 1. The average Bonchev–Trinajstić information content (AvgIpc) is 2.72. The van der Waals surface area contributed by atoms with E-state index < -0.39 is 0 Å². The van der Waals surface area contributed by atoms with Gasteiger partial charge < -0.3 is 4.98 Å². The highest BCUT2D eigenvalue weighted by Gasteiger charge is 2.42. The molecule has 3 aliphatic rings. The minimum Gasteiger partial charge on any atom is -0.331 e. The number of hydrogen-bond donors (Lipinski definition) is 1. The third-order valence-corrected chi connectivity index (χ3v) is 7.83. The summed E-state index contributed by atoms with van der Waals surface area (Å²) in [5.74, 6) is 0.595. The molecule has 1 aromatic carbocycles. The van der Waals surface area contributed by atoms with Gasteiger partial charge in [0.15, 0.2) is 4.77 Å². The summed E-state index contributed by atoms with van der Waals surface area (Å²) in [6, 6.07) is 8.59. The molecule has 1 heterocycles. The van der Waals surface area contributed by atoms with Gasteiger partial charge in [0.25, 0.3) is 5.56 Å². The van der Waals surface area contributed by atoms with Crippen molar-refractivity contribution in [2.45, 2.75) is 82.6 Å². The smallest absolute Gasteiger partial charge is 0.258 e.